The molecular weight excluding hydrogens is 576 g/mol. The number of ether oxygens (including phenoxy) is 3. The smallest absolute Gasteiger partial charge is 0.303 e. The van der Waals surface area contributed by atoms with Gasteiger partial charge in [-0.25, -0.2) is 0 Å². The van der Waals surface area contributed by atoms with E-state index in [9.17, 15) is 30.3 Å². The first-order chi connectivity index (χ1) is 20.7. The maximum atomic E-state index is 12.2. The largest absolute Gasteiger partial charge is 0.481 e. The van der Waals surface area contributed by atoms with Crippen molar-refractivity contribution in [2.24, 2.45) is 39.9 Å². The van der Waals surface area contributed by atoms with E-state index in [4.69, 9.17) is 14.2 Å². The van der Waals surface area contributed by atoms with Crippen LogP contribution in [0, 0.1) is 39.9 Å². The molecule has 0 radical (unpaired) electrons. The Morgan fingerprint density at radius 1 is 1.07 bits per heavy atom. The van der Waals surface area contributed by atoms with Gasteiger partial charge in [0.1, 0.15) is 18.3 Å². The summed E-state index contributed by atoms with van der Waals surface area (Å²) < 4.78 is 18.1. The summed E-state index contributed by atoms with van der Waals surface area (Å²) >= 11 is 0. The summed E-state index contributed by atoms with van der Waals surface area (Å²) in [6.45, 7) is 19.0. The van der Waals surface area contributed by atoms with Crippen LogP contribution in [-0.2, 0) is 19.0 Å². The molecule has 5 N–H and O–H groups in total. The van der Waals surface area contributed by atoms with Crippen LogP contribution >= 0.6 is 0 Å². The van der Waals surface area contributed by atoms with Gasteiger partial charge in [0, 0.05) is 13.5 Å². The molecule has 1 heterocycles. The third-order valence-electron chi connectivity index (χ3n) is 13.2. The summed E-state index contributed by atoms with van der Waals surface area (Å²) in [7, 11) is 1.66. The zero-order chi connectivity index (χ0) is 33.8. The molecule has 258 valence electrons. The van der Waals surface area contributed by atoms with Gasteiger partial charge in [-0.2, -0.15) is 0 Å². The number of carboxylic acids is 1. The van der Waals surface area contributed by atoms with E-state index in [0.29, 0.717) is 19.3 Å². The Kier molecular flexibility index (Phi) is 10.5. The molecule has 45 heavy (non-hydrogen) atoms. The molecule has 0 unspecified atom stereocenters. The Labute approximate surface area is 270 Å². The zero-order valence-corrected chi connectivity index (χ0v) is 28.8. The van der Waals surface area contributed by atoms with Gasteiger partial charge in [-0.1, -0.05) is 45.1 Å². The molecule has 0 spiro atoms. The SMILES string of the molecule is C=C(C)[C@@H]1CC[C@]2(C)[C@H](C[C@@H](O[C@@H]3OC[C@H](O)[C@H](O)[C@H]3O)[C@@H]3[C@@H]([C@@](C)(O)C/C=C/C(C)(C)OC)CC[C@]32C)[C@@]1(C)CCC(=O)O. The van der Waals surface area contributed by atoms with Crippen molar-refractivity contribution in [3.05, 3.63) is 24.3 Å². The predicted molar refractivity (Wildman–Crippen MR) is 171 cm³/mol. The maximum absolute atomic E-state index is 12.2. The lowest BCUT2D eigenvalue weighted by Gasteiger charge is -2.68. The maximum Gasteiger partial charge on any atom is 0.303 e. The molecule has 0 aromatic carbocycles. The molecule has 0 aromatic rings. The molecule has 13 atom stereocenters. The third-order valence-corrected chi connectivity index (χ3v) is 13.2. The second-order valence-electron chi connectivity index (χ2n) is 16.3. The fraction of sp³-hybridized carbons (Fsp3) is 0.861. The van der Waals surface area contributed by atoms with Crippen LogP contribution in [0.1, 0.15) is 99.8 Å². The molecule has 9 nitrogen and oxygen atoms in total. The van der Waals surface area contributed by atoms with Crippen molar-refractivity contribution < 1.29 is 44.5 Å². The van der Waals surface area contributed by atoms with Crippen LogP contribution in [0.5, 0.6) is 0 Å². The first-order valence-electron chi connectivity index (χ1n) is 16.9. The summed E-state index contributed by atoms with van der Waals surface area (Å²) in [5, 5.41) is 53.5. The minimum Gasteiger partial charge on any atom is -0.481 e. The summed E-state index contributed by atoms with van der Waals surface area (Å²) in [4.78, 5) is 11.9. The molecule has 0 bridgehead atoms. The van der Waals surface area contributed by atoms with Crippen molar-refractivity contribution in [3.8, 4) is 0 Å². The van der Waals surface area contributed by atoms with E-state index in [2.05, 4.69) is 27.4 Å². The number of hydrogen-bond acceptors (Lipinski definition) is 8. The molecule has 1 aliphatic heterocycles. The third kappa shape index (κ3) is 6.57. The molecule has 4 rings (SSSR count). The quantitative estimate of drug-likeness (QED) is 0.159. The lowest BCUT2D eigenvalue weighted by atomic mass is 9.37. The number of aliphatic carboxylic acids is 1. The predicted octanol–water partition coefficient (Wildman–Crippen LogP) is 4.85. The fourth-order valence-corrected chi connectivity index (χ4v) is 10.3. The van der Waals surface area contributed by atoms with E-state index in [1.54, 1.807) is 7.11 Å². The van der Waals surface area contributed by atoms with Gasteiger partial charge in [0.25, 0.3) is 0 Å². The number of aliphatic hydroxyl groups excluding tert-OH is 3. The summed E-state index contributed by atoms with van der Waals surface area (Å²) in [6, 6.07) is 0. The number of fused-ring (bicyclic) bond motifs is 3. The molecule has 0 aromatic heterocycles. The Bertz CT molecular complexity index is 1120. The van der Waals surface area contributed by atoms with Gasteiger partial charge in [-0.3, -0.25) is 4.79 Å². The minimum atomic E-state index is -1.43. The van der Waals surface area contributed by atoms with Crippen molar-refractivity contribution in [3.63, 3.8) is 0 Å². The molecule has 9 heteroatoms. The highest BCUT2D eigenvalue weighted by molar-refractivity contribution is 5.66. The number of allylic oxidation sites excluding steroid dienone is 1. The van der Waals surface area contributed by atoms with Crippen LogP contribution in [-0.4, -0.2) is 87.1 Å². The van der Waals surface area contributed by atoms with Crippen molar-refractivity contribution >= 4 is 5.97 Å². The van der Waals surface area contributed by atoms with E-state index in [-0.39, 0.29) is 52.9 Å². The first kappa shape index (κ1) is 36.5. The first-order valence-corrected chi connectivity index (χ1v) is 16.9. The average Bonchev–Trinajstić information content (AvgIpc) is 3.33. The second-order valence-corrected chi connectivity index (χ2v) is 16.3. The number of aliphatic hydroxyl groups is 4. The zero-order valence-electron chi connectivity index (χ0n) is 28.8. The van der Waals surface area contributed by atoms with Crippen LogP contribution in [0.15, 0.2) is 24.3 Å². The minimum absolute atomic E-state index is 0.0640. The standard InChI is InChI=1S/C36H60O9/c1-21(2)22-11-17-34(6)26(33(22,5)16-13-27(38)39)19-25(45-31-30(41)29(40)24(37)20-44-31)28-23(12-18-35(28,34)7)36(8,42)15-10-14-32(3,4)43-9/h10,14,22-26,28-31,37,40-42H,1,11-13,15-20H2,2-9H3,(H,38,39)/b14-10+/t22-,23-,24-,25+,26+,28-,29-,30+,31-,33-,34+,35+,36-/m0/s1. The van der Waals surface area contributed by atoms with Gasteiger partial charge >= 0.3 is 5.97 Å². The van der Waals surface area contributed by atoms with Gasteiger partial charge in [0.2, 0.25) is 0 Å². The summed E-state index contributed by atoms with van der Waals surface area (Å²) in [6.07, 6.45) is 3.53. The Hall–Kier alpha value is -1.33. The molecule has 4 fully saturated rings. The Morgan fingerprint density at radius 2 is 1.71 bits per heavy atom. The highest BCUT2D eigenvalue weighted by atomic mass is 16.7. The number of methoxy groups -OCH3 is 1. The highest BCUT2D eigenvalue weighted by Crippen LogP contribution is 2.74. The van der Waals surface area contributed by atoms with Crippen molar-refractivity contribution in [2.75, 3.05) is 13.7 Å². The Balaban J connectivity index is 1.78. The molecule has 1 saturated heterocycles. The van der Waals surface area contributed by atoms with E-state index in [0.717, 1.165) is 31.3 Å². The van der Waals surface area contributed by atoms with Crippen LogP contribution in [0.3, 0.4) is 0 Å². The van der Waals surface area contributed by atoms with Gasteiger partial charge in [-0.05, 0) is 113 Å². The average molecular weight is 637 g/mol. The lowest BCUT2D eigenvalue weighted by Crippen LogP contribution is -2.65. The lowest BCUT2D eigenvalue weighted by molar-refractivity contribution is -0.312. The monoisotopic (exact) mass is 636 g/mol. The van der Waals surface area contributed by atoms with Crippen molar-refractivity contribution in [1.29, 1.82) is 0 Å². The highest BCUT2D eigenvalue weighted by Gasteiger charge is 2.70. The van der Waals surface area contributed by atoms with Gasteiger partial charge in [0.05, 0.1) is 23.9 Å². The van der Waals surface area contributed by atoms with Crippen LogP contribution < -0.4 is 0 Å². The molecule has 3 saturated carbocycles. The number of rotatable bonds is 11. The van der Waals surface area contributed by atoms with Crippen LogP contribution in [0.25, 0.3) is 0 Å². The van der Waals surface area contributed by atoms with Crippen LogP contribution in [0.4, 0.5) is 0 Å². The molecular formula is C36H60O9. The van der Waals surface area contributed by atoms with E-state index in [1.165, 1.54) is 0 Å². The van der Waals surface area contributed by atoms with Crippen LogP contribution in [0.2, 0.25) is 0 Å². The Morgan fingerprint density at radius 3 is 2.31 bits per heavy atom. The topological polar surface area (TPSA) is 146 Å². The fourth-order valence-electron chi connectivity index (χ4n) is 10.3. The molecule has 3 aliphatic carbocycles. The molecule has 0 amide bonds. The van der Waals surface area contributed by atoms with E-state index >= 15 is 0 Å². The number of carboxylic acid groups (broad SMARTS) is 1. The van der Waals surface area contributed by atoms with Crippen molar-refractivity contribution in [2.45, 2.75) is 142 Å². The second kappa shape index (κ2) is 12.9. The van der Waals surface area contributed by atoms with E-state index in [1.807, 2.05) is 39.8 Å². The number of hydrogen-bond donors (Lipinski definition) is 5. The van der Waals surface area contributed by atoms with Gasteiger partial charge in [0.15, 0.2) is 6.29 Å². The molecule has 4 aliphatic rings. The van der Waals surface area contributed by atoms with Gasteiger partial charge < -0.3 is 39.7 Å². The van der Waals surface area contributed by atoms with Crippen molar-refractivity contribution in [1.82, 2.24) is 0 Å². The number of carbonyl (C=O) groups is 1. The summed E-state index contributed by atoms with van der Waals surface area (Å²) in [5.41, 5.74) is -1.25. The van der Waals surface area contributed by atoms with Gasteiger partial charge in [-0.15, -0.1) is 0 Å². The normalized spacial score (nSPS) is 45.1. The van der Waals surface area contributed by atoms with E-state index < -0.39 is 47.9 Å². The summed E-state index contributed by atoms with van der Waals surface area (Å²) in [5.74, 6) is -0.805.